The number of benzene rings is 1. The number of esters is 1. The number of Topliss-reactive ketones (excluding diaryl/α,β-unsaturated/α-hetero) is 1. The monoisotopic (exact) mass is 262 g/mol. The maximum Gasteiger partial charge on any atom is 0.306 e. The van der Waals surface area contributed by atoms with Gasteiger partial charge in [0.2, 0.25) is 0 Å². The fourth-order valence-electron chi connectivity index (χ4n) is 2.01. The van der Waals surface area contributed by atoms with Crippen LogP contribution >= 0.6 is 0 Å². The van der Waals surface area contributed by atoms with Gasteiger partial charge in [-0.05, 0) is 30.2 Å². The van der Waals surface area contributed by atoms with E-state index >= 15 is 0 Å². The predicted molar refractivity (Wildman–Crippen MR) is 70.5 cm³/mol. The summed E-state index contributed by atoms with van der Waals surface area (Å²) in [6.45, 7) is 3.03. The average molecular weight is 262 g/mol. The summed E-state index contributed by atoms with van der Waals surface area (Å²) < 4.78 is 10.3. The summed E-state index contributed by atoms with van der Waals surface area (Å²) >= 11 is 0. The van der Waals surface area contributed by atoms with Crippen LogP contribution in [0, 0.1) is 0 Å². The summed E-state index contributed by atoms with van der Waals surface area (Å²) in [7, 11) is 0. The van der Waals surface area contributed by atoms with Crippen molar-refractivity contribution >= 4 is 11.8 Å². The van der Waals surface area contributed by atoms with Crippen LogP contribution in [-0.4, -0.2) is 25.0 Å². The van der Waals surface area contributed by atoms with Crippen LogP contribution in [0.3, 0.4) is 0 Å². The fraction of sp³-hybridized carbons (Fsp3) is 0.467. The van der Waals surface area contributed by atoms with Gasteiger partial charge in [-0.25, -0.2) is 0 Å². The van der Waals surface area contributed by atoms with Crippen LogP contribution in [0.5, 0.6) is 5.75 Å². The minimum Gasteiger partial charge on any atom is -0.493 e. The number of hydrogen-bond donors (Lipinski definition) is 0. The number of hydrogen-bond acceptors (Lipinski definition) is 4. The molecule has 1 aromatic rings. The molecular weight excluding hydrogens is 244 g/mol. The molecule has 1 aliphatic rings. The normalized spacial score (nSPS) is 12.7. The average Bonchev–Trinajstić information content (AvgIpc) is 2.89. The summed E-state index contributed by atoms with van der Waals surface area (Å²) in [5.74, 6) is 0.529. The van der Waals surface area contributed by atoms with E-state index in [4.69, 9.17) is 9.47 Å². The van der Waals surface area contributed by atoms with Gasteiger partial charge in [0.1, 0.15) is 5.75 Å². The van der Waals surface area contributed by atoms with E-state index in [0.29, 0.717) is 18.8 Å². The molecule has 0 saturated carbocycles. The molecule has 0 aliphatic carbocycles. The number of ether oxygens (including phenoxy) is 2. The van der Waals surface area contributed by atoms with Crippen LogP contribution < -0.4 is 4.74 Å². The molecule has 0 bridgehead atoms. The van der Waals surface area contributed by atoms with Gasteiger partial charge in [-0.3, -0.25) is 9.59 Å². The van der Waals surface area contributed by atoms with Crippen molar-refractivity contribution in [2.45, 2.75) is 32.6 Å². The lowest BCUT2D eigenvalue weighted by Crippen LogP contribution is -2.08. The molecule has 0 fully saturated rings. The first-order chi connectivity index (χ1) is 9.20. The van der Waals surface area contributed by atoms with Crippen molar-refractivity contribution in [3.05, 3.63) is 29.3 Å². The molecule has 2 rings (SSSR count). The highest BCUT2D eigenvalue weighted by Crippen LogP contribution is 2.26. The zero-order chi connectivity index (χ0) is 13.7. The molecule has 19 heavy (non-hydrogen) atoms. The SMILES string of the molecule is CCCOC(=O)CCC(=O)c1ccc2c(c1)CCO2. The van der Waals surface area contributed by atoms with Gasteiger partial charge in [-0.1, -0.05) is 6.92 Å². The number of carbonyl (C=O) groups excluding carboxylic acids is 2. The van der Waals surface area contributed by atoms with Gasteiger partial charge in [0.15, 0.2) is 5.78 Å². The molecular formula is C15H18O4. The smallest absolute Gasteiger partial charge is 0.306 e. The first kappa shape index (κ1) is 13.6. The van der Waals surface area contributed by atoms with Gasteiger partial charge in [0.25, 0.3) is 0 Å². The Morgan fingerprint density at radius 1 is 1.32 bits per heavy atom. The van der Waals surface area contributed by atoms with Crippen LogP contribution in [0.4, 0.5) is 0 Å². The first-order valence-electron chi connectivity index (χ1n) is 6.65. The molecule has 0 radical (unpaired) electrons. The summed E-state index contributed by atoms with van der Waals surface area (Å²) in [6, 6.07) is 5.44. The third-order valence-corrected chi connectivity index (χ3v) is 3.03. The Bertz CT molecular complexity index is 479. The largest absolute Gasteiger partial charge is 0.493 e. The van der Waals surface area contributed by atoms with E-state index < -0.39 is 0 Å². The van der Waals surface area contributed by atoms with E-state index in [2.05, 4.69) is 0 Å². The van der Waals surface area contributed by atoms with Crippen molar-refractivity contribution in [1.82, 2.24) is 0 Å². The molecule has 0 aromatic heterocycles. The van der Waals surface area contributed by atoms with Gasteiger partial charge < -0.3 is 9.47 Å². The molecule has 102 valence electrons. The summed E-state index contributed by atoms with van der Waals surface area (Å²) in [5.41, 5.74) is 1.71. The topological polar surface area (TPSA) is 52.6 Å². The first-order valence-corrected chi connectivity index (χ1v) is 6.65. The van der Waals surface area contributed by atoms with Crippen molar-refractivity contribution in [2.75, 3.05) is 13.2 Å². The van der Waals surface area contributed by atoms with E-state index in [0.717, 1.165) is 24.2 Å². The second-order valence-corrected chi connectivity index (χ2v) is 4.56. The molecule has 1 heterocycles. The molecule has 0 amide bonds. The van der Waals surface area contributed by atoms with E-state index in [9.17, 15) is 9.59 Å². The van der Waals surface area contributed by atoms with Crippen LogP contribution in [-0.2, 0) is 16.0 Å². The quantitative estimate of drug-likeness (QED) is 0.584. The molecule has 4 nitrogen and oxygen atoms in total. The summed E-state index contributed by atoms with van der Waals surface area (Å²) in [6.07, 6.45) is 1.98. The van der Waals surface area contributed by atoms with E-state index in [1.54, 1.807) is 6.07 Å². The van der Waals surface area contributed by atoms with Gasteiger partial charge >= 0.3 is 5.97 Å². The van der Waals surface area contributed by atoms with Crippen LogP contribution in [0.1, 0.15) is 42.1 Å². The number of rotatable bonds is 6. The molecule has 0 N–H and O–H groups in total. The standard InChI is InChI=1S/C15H18O4/c1-2-8-19-15(17)6-4-13(16)11-3-5-14-12(10-11)7-9-18-14/h3,5,10H,2,4,6-9H2,1H3. The van der Waals surface area contributed by atoms with E-state index in [-0.39, 0.29) is 24.6 Å². The Morgan fingerprint density at radius 3 is 2.95 bits per heavy atom. The van der Waals surface area contributed by atoms with Crippen molar-refractivity contribution < 1.29 is 19.1 Å². The molecule has 1 aromatic carbocycles. The number of ketones is 1. The third kappa shape index (κ3) is 3.56. The highest BCUT2D eigenvalue weighted by molar-refractivity contribution is 5.97. The fourth-order valence-corrected chi connectivity index (χ4v) is 2.01. The Labute approximate surface area is 112 Å². The van der Waals surface area contributed by atoms with Crippen molar-refractivity contribution in [2.24, 2.45) is 0 Å². The van der Waals surface area contributed by atoms with Gasteiger partial charge in [-0.15, -0.1) is 0 Å². The minimum atomic E-state index is -0.306. The molecule has 0 unspecified atom stereocenters. The molecule has 0 saturated heterocycles. The Kier molecular flexibility index (Phi) is 4.55. The summed E-state index contributed by atoms with van der Waals surface area (Å²) in [5, 5.41) is 0. The zero-order valence-corrected chi connectivity index (χ0v) is 11.1. The molecule has 0 spiro atoms. The van der Waals surface area contributed by atoms with Crippen LogP contribution in [0.25, 0.3) is 0 Å². The van der Waals surface area contributed by atoms with Gasteiger partial charge in [0, 0.05) is 18.4 Å². The minimum absolute atomic E-state index is 0.0249. The molecule has 4 heteroatoms. The highest BCUT2D eigenvalue weighted by Gasteiger charge is 2.15. The lowest BCUT2D eigenvalue weighted by Gasteiger charge is -2.04. The number of carbonyl (C=O) groups is 2. The second-order valence-electron chi connectivity index (χ2n) is 4.56. The highest BCUT2D eigenvalue weighted by atomic mass is 16.5. The van der Waals surface area contributed by atoms with Crippen molar-refractivity contribution in [3.63, 3.8) is 0 Å². The zero-order valence-electron chi connectivity index (χ0n) is 11.1. The summed E-state index contributed by atoms with van der Waals surface area (Å²) in [4.78, 5) is 23.3. The maximum absolute atomic E-state index is 12.0. The van der Waals surface area contributed by atoms with Crippen LogP contribution in [0.2, 0.25) is 0 Å². The predicted octanol–water partition coefficient (Wildman–Crippen LogP) is 2.54. The Hall–Kier alpha value is -1.84. The van der Waals surface area contributed by atoms with Crippen molar-refractivity contribution in [1.29, 1.82) is 0 Å². The van der Waals surface area contributed by atoms with E-state index in [1.165, 1.54) is 0 Å². The Balaban J connectivity index is 1.88. The second kappa shape index (κ2) is 6.36. The van der Waals surface area contributed by atoms with Crippen LogP contribution in [0.15, 0.2) is 18.2 Å². The lowest BCUT2D eigenvalue weighted by molar-refractivity contribution is -0.143. The molecule has 0 atom stereocenters. The van der Waals surface area contributed by atoms with E-state index in [1.807, 2.05) is 19.1 Å². The maximum atomic E-state index is 12.0. The van der Waals surface area contributed by atoms with Gasteiger partial charge in [0.05, 0.1) is 19.6 Å². The molecule has 1 aliphatic heterocycles. The lowest BCUT2D eigenvalue weighted by atomic mass is 10.0. The Morgan fingerprint density at radius 2 is 2.16 bits per heavy atom. The van der Waals surface area contributed by atoms with Crippen molar-refractivity contribution in [3.8, 4) is 5.75 Å². The third-order valence-electron chi connectivity index (χ3n) is 3.03. The van der Waals surface area contributed by atoms with Gasteiger partial charge in [-0.2, -0.15) is 0 Å². The number of fused-ring (bicyclic) bond motifs is 1.